The molecule has 0 radical (unpaired) electrons. The predicted octanol–water partition coefficient (Wildman–Crippen LogP) is 1.99. The van der Waals surface area contributed by atoms with E-state index >= 15 is 0 Å². The number of carbonyl (C=O) groups is 3. The first-order valence-corrected chi connectivity index (χ1v) is 9.78. The van der Waals surface area contributed by atoms with Gasteiger partial charge in [-0.15, -0.1) is 0 Å². The van der Waals surface area contributed by atoms with Crippen LogP contribution in [0, 0.1) is 28.6 Å². The Kier molecular flexibility index (Phi) is 3.88. The molecule has 0 aromatic heterocycles. The molecule has 4 aliphatic carbocycles. The maximum absolute atomic E-state index is 13.3. The number of Topliss-reactive ketones (excluding diaryl/α,β-unsaturated/α-hetero) is 3. The molecule has 0 aliphatic heterocycles. The molecule has 2 N–H and O–H groups in total. The van der Waals surface area contributed by atoms with Crippen LogP contribution in [0.1, 0.15) is 58.8 Å². The topological polar surface area (TPSA) is 91.7 Å². The molecule has 3 unspecified atom stereocenters. The third-order valence-corrected chi connectivity index (χ3v) is 8.39. The lowest BCUT2D eigenvalue weighted by atomic mass is 9.46. The van der Waals surface area contributed by atoms with Gasteiger partial charge in [-0.05, 0) is 42.9 Å². The quantitative estimate of drug-likeness (QED) is 0.735. The van der Waals surface area contributed by atoms with E-state index in [0.717, 1.165) is 12.0 Å². The highest BCUT2D eigenvalue weighted by atomic mass is 16.3. The molecule has 6 atom stereocenters. The van der Waals surface area contributed by atoms with Crippen LogP contribution in [-0.4, -0.2) is 39.8 Å². The summed E-state index contributed by atoms with van der Waals surface area (Å²) in [4.78, 5) is 37.6. The van der Waals surface area contributed by atoms with Crippen molar-refractivity contribution in [2.45, 2.75) is 64.4 Å². The van der Waals surface area contributed by atoms with Crippen LogP contribution in [0.25, 0.3) is 0 Å². The zero-order chi connectivity index (χ0) is 18.9. The molecule has 5 nitrogen and oxygen atoms in total. The molecule has 26 heavy (non-hydrogen) atoms. The van der Waals surface area contributed by atoms with Crippen molar-refractivity contribution in [3.05, 3.63) is 11.6 Å². The summed E-state index contributed by atoms with van der Waals surface area (Å²) >= 11 is 0. The SMILES string of the molecule is C[C@]12CCC(=O)CC1=CCC1C2C(=O)C[C@@]2(C)C1CC[C@]2(O)C(=O)CO. The first-order valence-electron chi connectivity index (χ1n) is 9.78. The Labute approximate surface area is 153 Å². The molecule has 3 fully saturated rings. The van der Waals surface area contributed by atoms with E-state index in [4.69, 9.17) is 0 Å². The van der Waals surface area contributed by atoms with Gasteiger partial charge in [0.1, 0.15) is 23.8 Å². The number of hydrogen-bond acceptors (Lipinski definition) is 5. The van der Waals surface area contributed by atoms with Crippen molar-refractivity contribution in [2.24, 2.45) is 28.6 Å². The lowest BCUT2D eigenvalue weighted by molar-refractivity contribution is -0.169. The second-order valence-electron chi connectivity index (χ2n) is 9.39. The summed E-state index contributed by atoms with van der Waals surface area (Å²) < 4.78 is 0. The zero-order valence-corrected chi connectivity index (χ0v) is 15.6. The minimum Gasteiger partial charge on any atom is -0.388 e. The lowest BCUT2D eigenvalue weighted by Gasteiger charge is -2.57. The highest BCUT2D eigenvalue weighted by Gasteiger charge is 2.68. The fraction of sp³-hybridized carbons (Fsp3) is 0.762. The summed E-state index contributed by atoms with van der Waals surface area (Å²) in [6.45, 7) is 3.30. The molecule has 142 valence electrons. The summed E-state index contributed by atoms with van der Waals surface area (Å²) in [5.41, 5.74) is -1.57. The number of ketones is 3. The number of allylic oxidation sites excluding steroid dienone is 2. The van der Waals surface area contributed by atoms with Gasteiger partial charge in [0, 0.05) is 30.6 Å². The van der Waals surface area contributed by atoms with Crippen molar-refractivity contribution in [3.63, 3.8) is 0 Å². The third-order valence-electron chi connectivity index (χ3n) is 8.39. The first-order chi connectivity index (χ1) is 12.2. The number of aliphatic hydroxyl groups is 2. The maximum Gasteiger partial charge on any atom is 0.190 e. The van der Waals surface area contributed by atoms with Crippen molar-refractivity contribution in [3.8, 4) is 0 Å². The molecule has 0 saturated heterocycles. The van der Waals surface area contributed by atoms with E-state index in [0.29, 0.717) is 32.1 Å². The number of aliphatic hydroxyl groups excluding tert-OH is 1. The molecule has 3 saturated carbocycles. The highest BCUT2D eigenvalue weighted by molar-refractivity contribution is 5.93. The molecule has 0 aromatic carbocycles. The van der Waals surface area contributed by atoms with Crippen LogP contribution >= 0.6 is 0 Å². The van der Waals surface area contributed by atoms with Crippen molar-refractivity contribution in [2.75, 3.05) is 6.61 Å². The van der Waals surface area contributed by atoms with Crippen LogP contribution < -0.4 is 0 Å². The smallest absolute Gasteiger partial charge is 0.190 e. The van der Waals surface area contributed by atoms with Gasteiger partial charge in [-0.2, -0.15) is 0 Å². The molecule has 0 amide bonds. The van der Waals surface area contributed by atoms with Crippen molar-refractivity contribution in [1.82, 2.24) is 0 Å². The Bertz CT molecular complexity index is 724. The average molecular weight is 360 g/mol. The number of carbonyl (C=O) groups excluding carboxylic acids is 3. The Morgan fingerprint density at radius 1 is 1.27 bits per heavy atom. The average Bonchev–Trinajstić information content (AvgIpc) is 2.86. The fourth-order valence-electron chi connectivity index (χ4n) is 6.90. The van der Waals surface area contributed by atoms with E-state index in [1.807, 2.05) is 6.92 Å². The molecule has 0 bridgehead atoms. The summed E-state index contributed by atoms with van der Waals surface area (Å²) in [7, 11) is 0. The van der Waals surface area contributed by atoms with Gasteiger partial charge in [-0.3, -0.25) is 14.4 Å². The molecule has 0 heterocycles. The Morgan fingerprint density at radius 2 is 2.00 bits per heavy atom. The molecule has 4 rings (SSSR count). The molecular formula is C21H28O5. The van der Waals surface area contributed by atoms with E-state index in [9.17, 15) is 24.6 Å². The van der Waals surface area contributed by atoms with E-state index in [1.54, 1.807) is 0 Å². The minimum absolute atomic E-state index is 0.0814. The van der Waals surface area contributed by atoms with E-state index in [2.05, 4.69) is 13.0 Å². The summed E-state index contributed by atoms with van der Waals surface area (Å²) in [6.07, 6.45) is 5.79. The van der Waals surface area contributed by atoms with Crippen molar-refractivity contribution >= 4 is 17.3 Å². The lowest BCUT2D eigenvalue weighted by Crippen LogP contribution is -2.60. The first kappa shape index (κ1) is 18.1. The Balaban J connectivity index is 1.75. The normalized spacial score (nSPS) is 47.7. The van der Waals surface area contributed by atoms with Gasteiger partial charge in [-0.1, -0.05) is 25.5 Å². The van der Waals surface area contributed by atoms with Crippen LogP contribution in [0.4, 0.5) is 0 Å². The monoisotopic (exact) mass is 360 g/mol. The predicted molar refractivity (Wildman–Crippen MR) is 94.1 cm³/mol. The molecule has 0 spiro atoms. The van der Waals surface area contributed by atoms with Crippen LogP contribution in [0.2, 0.25) is 0 Å². The zero-order valence-electron chi connectivity index (χ0n) is 15.6. The van der Waals surface area contributed by atoms with Gasteiger partial charge in [0.05, 0.1) is 0 Å². The second-order valence-corrected chi connectivity index (χ2v) is 9.39. The van der Waals surface area contributed by atoms with Crippen molar-refractivity contribution in [1.29, 1.82) is 0 Å². The largest absolute Gasteiger partial charge is 0.388 e. The third kappa shape index (κ3) is 2.07. The van der Waals surface area contributed by atoms with Gasteiger partial charge in [0.2, 0.25) is 0 Å². The molecular weight excluding hydrogens is 332 g/mol. The van der Waals surface area contributed by atoms with Gasteiger partial charge >= 0.3 is 0 Å². The number of rotatable bonds is 2. The van der Waals surface area contributed by atoms with Gasteiger partial charge in [0.15, 0.2) is 5.78 Å². The van der Waals surface area contributed by atoms with Gasteiger partial charge < -0.3 is 10.2 Å². The van der Waals surface area contributed by atoms with E-state index in [-0.39, 0.29) is 41.2 Å². The van der Waals surface area contributed by atoms with Crippen molar-refractivity contribution < 1.29 is 24.6 Å². The van der Waals surface area contributed by atoms with Crippen LogP contribution in [0.15, 0.2) is 11.6 Å². The maximum atomic E-state index is 13.3. The van der Waals surface area contributed by atoms with Gasteiger partial charge in [-0.25, -0.2) is 0 Å². The molecule has 0 aromatic rings. The highest BCUT2D eigenvalue weighted by Crippen LogP contribution is 2.66. The summed E-state index contributed by atoms with van der Waals surface area (Å²) in [5, 5.41) is 20.5. The standard InChI is InChI=1S/C21H28O5/c1-19-7-5-13(23)9-12(19)3-4-14-15-6-8-21(26,17(25)11-22)20(15,2)10-16(24)18(14)19/h3,14-15,18,22,26H,4-11H2,1-2H3/t14?,15?,18?,19-,20-,21-/m0/s1. The summed E-state index contributed by atoms with van der Waals surface area (Å²) in [5.74, 6) is -0.136. The number of fused-ring (bicyclic) bond motifs is 5. The molecule has 5 heteroatoms. The minimum atomic E-state index is -1.61. The Hall–Kier alpha value is -1.33. The number of hydrogen-bond donors (Lipinski definition) is 2. The second kappa shape index (κ2) is 5.59. The van der Waals surface area contributed by atoms with Crippen LogP contribution in [-0.2, 0) is 14.4 Å². The van der Waals surface area contributed by atoms with Crippen LogP contribution in [0.5, 0.6) is 0 Å². The summed E-state index contributed by atoms with van der Waals surface area (Å²) in [6, 6.07) is 0. The van der Waals surface area contributed by atoms with E-state index in [1.165, 1.54) is 0 Å². The molecule has 4 aliphatic rings. The Morgan fingerprint density at radius 3 is 2.69 bits per heavy atom. The van der Waals surface area contributed by atoms with E-state index < -0.39 is 23.4 Å². The van der Waals surface area contributed by atoms with Gasteiger partial charge in [0.25, 0.3) is 0 Å². The van der Waals surface area contributed by atoms with Crippen LogP contribution in [0.3, 0.4) is 0 Å². The fourth-order valence-corrected chi connectivity index (χ4v) is 6.90.